The van der Waals surface area contributed by atoms with Gasteiger partial charge in [-0.1, -0.05) is 6.07 Å². The highest BCUT2D eigenvalue weighted by Crippen LogP contribution is 2.38. The molecule has 3 aromatic heterocycles. The third kappa shape index (κ3) is 2.98. The van der Waals surface area contributed by atoms with Crippen LogP contribution in [-0.2, 0) is 6.98 Å². The first-order valence-corrected chi connectivity index (χ1v) is 8.47. The highest BCUT2D eigenvalue weighted by molar-refractivity contribution is 5.94. The van der Waals surface area contributed by atoms with Crippen molar-refractivity contribution in [3.8, 4) is 28.8 Å². The van der Waals surface area contributed by atoms with Crippen LogP contribution in [0.5, 0.6) is 17.4 Å². The number of hydrogen-bond donors (Lipinski definition) is 1. The number of rotatable bonds is 4. The number of nitrogen functional groups attached to an aromatic ring is 1. The monoisotopic (exact) mass is 379 g/mol. The molecule has 8 nitrogen and oxygen atoms in total. The molecule has 142 valence electrons. The second-order valence-electron chi connectivity index (χ2n) is 6.27. The molecule has 3 heterocycles. The standard InChI is InChI=1S/C20H20N6O2/c1-11-5-6-16(27-4)12(2)18(11)28-20-17-14(22-9-23-19(17)21)7-13(25-20)15-8-26(3)10-24-15/h5-10H,1-4H3,(H2,21,22,23)/i3D3. The second-order valence-corrected chi connectivity index (χ2v) is 6.27. The molecule has 4 aromatic rings. The molecule has 0 spiro atoms. The van der Waals surface area contributed by atoms with Crippen molar-refractivity contribution in [2.24, 2.45) is 6.98 Å². The van der Waals surface area contributed by atoms with Crippen LogP contribution >= 0.6 is 0 Å². The van der Waals surface area contributed by atoms with Crippen molar-refractivity contribution in [1.82, 2.24) is 24.5 Å². The van der Waals surface area contributed by atoms with Crippen LogP contribution < -0.4 is 15.2 Å². The molecule has 2 N–H and O–H groups in total. The van der Waals surface area contributed by atoms with Crippen LogP contribution in [0.1, 0.15) is 15.2 Å². The van der Waals surface area contributed by atoms with E-state index in [4.69, 9.17) is 19.3 Å². The third-order valence-corrected chi connectivity index (χ3v) is 4.43. The molecule has 0 radical (unpaired) electrons. The number of benzene rings is 1. The van der Waals surface area contributed by atoms with Gasteiger partial charge in [-0.25, -0.2) is 19.9 Å². The Morgan fingerprint density at radius 1 is 1.14 bits per heavy atom. The quantitative estimate of drug-likeness (QED) is 0.580. The van der Waals surface area contributed by atoms with Crippen LogP contribution in [-0.4, -0.2) is 31.6 Å². The number of fused-ring (bicyclic) bond motifs is 1. The average molecular weight is 379 g/mol. The van der Waals surface area contributed by atoms with E-state index in [-0.39, 0.29) is 11.7 Å². The molecule has 0 bridgehead atoms. The van der Waals surface area contributed by atoms with Gasteiger partial charge in [0.15, 0.2) is 0 Å². The lowest BCUT2D eigenvalue weighted by molar-refractivity contribution is 0.402. The maximum Gasteiger partial charge on any atom is 0.233 e. The molecule has 28 heavy (non-hydrogen) atoms. The van der Waals surface area contributed by atoms with Crippen LogP contribution in [0, 0.1) is 13.8 Å². The van der Waals surface area contributed by atoms with E-state index in [1.807, 2.05) is 26.0 Å². The Kier molecular flexibility index (Phi) is 3.50. The van der Waals surface area contributed by atoms with Gasteiger partial charge in [-0.05, 0) is 31.5 Å². The Morgan fingerprint density at radius 2 is 2.00 bits per heavy atom. The molecule has 0 saturated heterocycles. The smallest absolute Gasteiger partial charge is 0.233 e. The number of aryl methyl sites for hydroxylation is 2. The van der Waals surface area contributed by atoms with Gasteiger partial charge in [-0.3, -0.25) is 0 Å². The summed E-state index contributed by atoms with van der Waals surface area (Å²) in [5.41, 5.74) is 9.02. The topological polar surface area (TPSA) is 101 Å². The number of aromatic nitrogens is 5. The first-order chi connectivity index (χ1) is 14.7. The average Bonchev–Trinajstić information content (AvgIpc) is 3.22. The summed E-state index contributed by atoms with van der Waals surface area (Å²) in [5, 5.41) is 0.447. The normalized spacial score (nSPS) is 13.0. The summed E-state index contributed by atoms with van der Waals surface area (Å²) in [6, 6.07) is 5.40. The lowest BCUT2D eigenvalue weighted by Gasteiger charge is -2.16. The maximum atomic E-state index is 7.55. The van der Waals surface area contributed by atoms with Gasteiger partial charge in [0.1, 0.15) is 34.7 Å². The minimum absolute atomic E-state index is 0.188. The van der Waals surface area contributed by atoms with Crippen molar-refractivity contribution in [3.63, 3.8) is 0 Å². The van der Waals surface area contributed by atoms with Crippen molar-refractivity contribution in [3.05, 3.63) is 48.2 Å². The SMILES string of the molecule is [2H]C([2H])([2H])n1cnc(-c2cc3ncnc(N)c3c(Oc3c(C)ccc(OC)c3C)n2)c1. The molecule has 0 aliphatic carbocycles. The molecule has 0 amide bonds. The zero-order valence-corrected chi connectivity index (χ0v) is 15.6. The van der Waals surface area contributed by atoms with Crippen molar-refractivity contribution in [2.45, 2.75) is 13.8 Å². The van der Waals surface area contributed by atoms with Gasteiger partial charge < -0.3 is 19.8 Å². The van der Waals surface area contributed by atoms with Crippen LogP contribution in [0.2, 0.25) is 0 Å². The largest absolute Gasteiger partial charge is 0.496 e. The van der Waals surface area contributed by atoms with E-state index in [1.54, 1.807) is 13.2 Å². The summed E-state index contributed by atoms with van der Waals surface area (Å²) in [6.45, 7) is 1.44. The predicted octanol–water partition coefficient (Wildman–Crippen LogP) is 3.43. The number of hydrogen-bond acceptors (Lipinski definition) is 7. The van der Waals surface area contributed by atoms with Gasteiger partial charge in [0.25, 0.3) is 0 Å². The number of nitrogens with zero attached hydrogens (tertiary/aromatic N) is 5. The van der Waals surface area contributed by atoms with E-state index in [9.17, 15) is 0 Å². The molecular weight excluding hydrogens is 356 g/mol. The Bertz CT molecular complexity index is 1290. The fraction of sp³-hybridized carbons (Fsp3) is 0.200. The Labute approximate surface area is 166 Å². The Balaban J connectivity index is 1.90. The molecule has 0 atom stereocenters. The highest BCUT2D eigenvalue weighted by atomic mass is 16.5. The van der Waals surface area contributed by atoms with Gasteiger partial charge in [0.05, 0.1) is 24.6 Å². The van der Waals surface area contributed by atoms with Crippen molar-refractivity contribution < 1.29 is 13.6 Å². The zero-order chi connectivity index (χ0) is 22.3. The summed E-state index contributed by atoms with van der Waals surface area (Å²) in [7, 11) is 1.59. The predicted molar refractivity (Wildman–Crippen MR) is 106 cm³/mol. The van der Waals surface area contributed by atoms with Gasteiger partial charge in [0, 0.05) is 22.8 Å². The second kappa shape index (κ2) is 6.80. The molecule has 0 aliphatic rings. The number of anilines is 1. The Morgan fingerprint density at radius 3 is 2.75 bits per heavy atom. The van der Waals surface area contributed by atoms with Crippen LogP contribution in [0.3, 0.4) is 0 Å². The van der Waals surface area contributed by atoms with E-state index in [0.717, 1.165) is 15.7 Å². The summed E-state index contributed by atoms with van der Waals surface area (Å²) < 4.78 is 35.3. The summed E-state index contributed by atoms with van der Waals surface area (Å²) in [6.07, 6.45) is 3.98. The van der Waals surface area contributed by atoms with Crippen LogP contribution in [0.15, 0.2) is 37.1 Å². The summed E-state index contributed by atoms with van der Waals surface area (Å²) >= 11 is 0. The fourth-order valence-corrected chi connectivity index (χ4v) is 3.01. The number of methoxy groups -OCH3 is 1. The molecule has 0 saturated carbocycles. The van der Waals surface area contributed by atoms with Gasteiger partial charge in [0.2, 0.25) is 5.88 Å². The molecule has 0 fully saturated rings. The third-order valence-electron chi connectivity index (χ3n) is 4.43. The van der Waals surface area contributed by atoms with Crippen molar-refractivity contribution >= 4 is 16.7 Å². The minimum atomic E-state index is -2.34. The van der Waals surface area contributed by atoms with Crippen molar-refractivity contribution in [2.75, 3.05) is 12.8 Å². The molecular formula is C20H20N6O2. The summed E-state index contributed by atoms with van der Waals surface area (Å²) in [5.74, 6) is 1.64. The number of nitrogens with two attached hydrogens (primary N) is 1. The minimum Gasteiger partial charge on any atom is -0.496 e. The van der Waals surface area contributed by atoms with E-state index >= 15 is 0 Å². The number of imidazole rings is 1. The van der Waals surface area contributed by atoms with Gasteiger partial charge >= 0.3 is 0 Å². The first kappa shape index (κ1) is 14.4. The highest BCUT2D eigenvalue weighted by Gasteiger charge is 2.18. The molecule has 0 unspecified atom stereocenters. The van der Waals surface area contributed by atoms with E-state index in [2.05, 4.69) is 19.9 Å². The lowest BCUT2D eigenvalue weighted by atomic mass is 10.1. The maximum absolute atomic E-state index is 7.55. The van der Waals surface area contributed by atoms with Gasteiger partial charge in [-0.15, -0.1) is 0 Å². The van der Waals surface area contributed by atoms with Crippen molar-refractivity contribution in [1.29, 1.82) is 0 Å². The van der Waals surface area contributed by atoms with Gasteiger partial charge in [-0.2, -0.15) is 0 Å². The summed E-state index contributed by atoms with van der Waals surface area (Å²) in [4.78, 5) is 17.1. The first-order valence-electron chi connectivity index (χ1n) is 9.97. The van der Waals surface area contributed by atoms with Crippen LogP contribution in [0.25, 0.3) is 22.3 Å². The molecule has 4 rings (SSSR count). The molecule has 8 heteroatoms. The fourth-order valence-electron chi connectivity index (χ4n) is 3.01. The molecule has 0 aliphatic heterocycles. The number of ether oxygens (including phenoxy) is 2. The van der Waals surface area contributed by atoms with E-state index in [0.29, 0.717) is 33.8 Å². The Hall–Kier alpha value is -3.68. The zero-order valence-electron chi connectivity index (χ0n) is 18.6. The van der Waals surface area contributed by atoms with E-state index < -0.39 is 6.98 Å². The van der Waals surface area contributed by atoms with Crippen LogP contribution in [0.4, 0.5) is 5.82 Å². The lowest BCUT2D eigenvalue weighted by Crippen LogP contribution is -2.01. The van der Waals surface area contributed by atoms with E-state index in [1.165, 1.54) is 18.9 Å². The number of pyridine rings is 1. The molecule has 1 aromatic carbocycles.